The second-order valence-electron chi connectivity index (χ2n) is 11.8. The first-order chi connectivity index (χ1) is 20.4. The molecule has 3 amide bonds. The first-order valence-electron chi connectivity index (χ1n) is 14.5. The Hall–Kier alpha value is -4.37. The molecule has 1 fully saturated rings. The predicted octanol–water partition coefficient (Wildman–Crippen LogP) is 3.66. The van der Waals surface area contributed by atoms with E-state index in [-0.39, 0.29) is 23.6 Å². The molecule has 43 heavy (non-hydrogen) atoms. The average molecular weight is 588 g/mol. The van der Waals surface area contributed by atoms with E-state index in [4.69, 9.17) is 4.74 Å². The van der Waals surface area contributed by atoms with Gasteiger partial charge in [-0.15, -0.1) is 0 Å². The lowest BCUT2D eigenvalue weighted by atomic mass is 9.84. The highest BCUT2D eigenvalue weighted by atomic mass is 16.5. The minimum Gasteiger partial charge on any atom is -0.508 e. The number of benzene rings is 3. The third-order valence-electron chi connectivity index (χ3n) is 8.41. The smallest absolute Gasteiger partial charge is 0.254 e. The fraction of sp³-hybridized carbons (Fsp3) is 0.382. The van der Waals surface area contributed by atoms with Gasteiger partial charge in [-0.25, -0.2) is 0 Å². The van der Waals surface area contributed by atoms with Crippen LogP contribution in [0.3, 0.4) is 0 Å². The summed E-state index contributed by atoms with van der Waals surface area (Å²) in [5.41, 5.74) is 2.88. The van der Waals surface area contributed by atoms with Crippen LogP contribution in [0.4, 0.5) is 0 Å². The van der Waals surface area contributed by atoms with Crippen LogP contribution in [0.5, 0.6) is 11.5 Å². The summed E-state index contributed by atoms with van der Waals surface area (Å²) in [6.45, 7) is 8.08. The van der Waals surface area contributed by atoms with Gasteiger partial charge in [0.25, 0.3) is 11.8 Å². The van der Waals surface area contributed by atoms with E-state index in [0.717, 1.165) is 16.7 Å². The van der Waals surface area contributed by atoms with Gasteiger partial charge in [0, 0.05) is 24.2 Å². The van der Waals surface area contributed by atoms with Crippen molar-refractivity contribution < 1.29 is 29.3 Å². The molecule has 1 saturated heterocycles. The number of amides is 3. The topological polar surface area (TPSA) is 128 Å². The van der Waals surface area contributed by atoms with E-state index in [2.05, 4.69) is 10.6 Å². The molecule has 1 aliphatic heterocycles. The Morgan fingerprint density at radius 2 is 1.72 bits per heavy atom. The Morgan fingerprint density at radius 1 is 1.02 bits per heavy atom. The van der Waals surface area contributed by atoms with Crippen LogP contribution in [0.15, 0.2) is 66.7 Å². The molecule has 0 bridgehead atoms. The van der Waals surface area contributed by atoms with Crippen LogP contribution in [-0.4, -0.2) is 64.7 Å². The molecule has 0 radical (unpaired) electrons. The zero-order valence-corrected chi connectivity index (χ0v) is 25.4. The van der Waals surface area contributed by atoms with Crippen LogP contribution in [0.25, 0.3) is 0 Å². The molecule has 0 aromatic heterocycles. The maximum Gasteiger partial charge on any atom is 0.254 e. The summed E-state index contributed by atoms with van der Waals surface area (Å²) in [5.74, 6) is -0.844. The molecule has 3 atom stereocenters. The van der Waals surface area contributed by atoms with Gasteiger partial charge in [0.15, 0.2) is 6.10 Å². The third kappa shape index (κ3) is 7.17. The molecule has 3 aromatic carbocycles. The number of likely N-dealkylation sites (tertiary alicyclic amines) is 1. The Bertz CT molecular complexity index is 1470. The van der Waals surface area contributed by atoms with E-state index in [1.54, 1.807) is 50.4 Å². The number of carbonyl (C=O) groups is 3. The maximum absolute atomic E-state index is 13.9. The summed E-state index contributed by atoms with van der Waals surface area (Å²) in [6.07, 6.45) is -0.919. The van der Waals surface area contributed by atoms with Crippen molar-refractivity contribution in [2.75, 3.05) is 13.7 Å². The molecular weight excluding hydrogens is 546 g/mol. The summed E-state index contributed by atoms with van der Waals surface area (Å²) in [4.78, 5) is 42.3. The number of methoxy groups -OCH3 is 1. The molecule has 9 nitrogen and oxygen atoms in total. The Kier molecular flexibility index (Phi) is 9.76. The molecule has 4 rings (SSSR count). The minimum absolute atomic E-state index is 0.0326. The molecule has 9 heteroatoms. The predicted molar refractivity (Wildman–Crippen MR) is 164 cm³/mol. The number of hydrogen-bond acceptors (Lipinski definition) is 6. The zero-order chi connectivity index (χ0) is 31.3. The van der Waals surface area contributed by atoms with Gasteiger partial charge < -0.3 is 30.5 Å². The number of aryl methyl sites for hydroxylation is 1. The lowest BCUT2D eigenvalue weighted by Crippen LogP contribution is -2.57. The standard InChI is InChI=1S/C34H41N3O6/c1-21-9-6-7-10-24(21)20-35-32(41)30-34(3,4)17-18-37(30)33(42)29(39)27(19-23-13-15-25(43-5)16-14-23)36-31(40)26-11-8-12-28(38)22(26)2/h6-16,27,29-30,38-39H,17-20H2,1-5H3,(H,35,41)(H,36,40)/t27-,29-,30+/m0/s1. The van der Waals surface area contributed by atoms with Gasteiger partial charge in [-0.1, -0.05) is 56.3 Å². The van der Waals surface area contributed by atoms with E-state index < -0.39 is 35.4 Å². The van der Waals surface area contributed by atoms with Gasteiger partial charge in [-0.05, 0) is 73.1 Å². The summed E-state index contributed by atoms with van der Waals surface area (Å²) in [5, 5.41) is 27.5. The molecule has 0 spiro atoms. The van der Waals surface area contributed by atoms with Crippen molar-refractivity contribution in [1.82, 2.24) is 15.5 Å². The zero-order valence-electron chi connectivity index (χ0n) is 25.4. The molecule has 3 aromatic rings. The molecule has 228 valence electrons. The van der Waals surface area contributed by atoms with E-state index in [9.17, 15) is 24.6 Å². The highest BCUT2D eigenvalue weighted by Gasteiger charge is 2.49. The SMILES string of the molecule is COc1ccc(C[C@H](NC(=O)c2cccc(O)c2C)[C@H](O)C(=O)N2CCC(C)(C)[C@H]2C(=O)NCc2ccccc2C)cc1. The number of ether oxygens (including phenoxy) is 1. The normalized spacial score (nSPS) is 17.2. The van der Waals surface area contributed by atoms with E-state index in [1.807, 2.05) is 45.0 Å². The number of aliphatic hydroxyl groups is 1. The van der Waals surface area contributed by atoms with Gasteiger partial charge >= 0.3 is 0 Å². The fourth-order valence-electron chi connectivity index (χ4n) is 5.63. The summed E-state index contributed by atoms with van der Waals surface area (Å²) in [6, 6.07) is 17.7. The van der Waals surface area contributed by atoms with Gasteiger partial charge in [0.2, 0.25) is 5.91 Å². The van der Waals surface area contributed by atoms with Gasteiger partial charge in [-0.3, -0.25) is 14.4 Å². The fourth-order valence-corrected chi connectivity index (χ4v) is 5.63. The van der Waals surface area contributed by atoms with Crippen LogP contribution in [0.1, 0.15) is 52.9 Å². The van der Waals surface area contributed by atoms with Gasteiger partial charge in [0.05, 0.1) is 13.2 Å². The lowest BCUT2D eigenvalue weighted by Gasteiger charge is -2.34. The summed E-state index contributed by atoms with van der Waals surface area (Å²) in [7, 11) is 1.56. The van der Waals surface area contributed by atoms with Crippen molar-refractivity contribution in [3.63, 3.8) is 0 Å². The Balaban J connectivity index is 1.58. The van der Waals surface area contributed by atoms with Crippen LogP contribution >= 0.6 is 0 Å². The second-order valence-corrected chi connectivity index (χ2v) is 11.8. The lowest BCUT2D eigenvalue weighted by molar-refractivity contribution is -0.148. The number of aromatic hydroxyl groups is 1. The Labute approximate surface area is 252 Å². The number of nitrogens with zero attached hydrogens (tertiary/aromatic N) is 1. The van der Waals surface area contributed by atoms with Crippen LogP contribution in [0.2, 0.25) is 0 Å². The number of rotatable bonds is 10. The van der Waals surface area contributed by atoms with Crippen molar-refractivity contribution in [2.24, 2.45) is 5.41 Å². The van der Waals surface area contributed by atoms with Gasteiger partial charge in [-0.2, -0.15) is 0 Å². The summed E-state index contributed by atoms with van der Waals surface area (Å²) >= 11 is 0. The molecule has 4 N–H and O–H groups in total. The van der Waals surface area contributed by atoms with E-state index >= 15 is 0 Å². The highest BCUT2D eigenvalue weighted by Crippen LogP contribution is 2.37. The van der Waals surface area contributed by atoms with Crippen molar-refractivity contribution >= 4 is 17.7 Å². The first kappa shape index (κ1) is 31.6. The molecule has 1 aliphatic rings. The minimum atomic E-state index is -1.63. The van der Waals surface area contributed by atoms with Crippen molar-refractivity contribution in [3.8, 4) is 11.5 Å². The van der Waals surface area contributed by atoms with Crippen molar-refractivity contribution in [3.05, 3.63) is 94.5 Å². The largest absolute Gasteiger partial charge is 0.508 e. The highest BCUT2D eigenvalue weighted by molar-refractivity contribution is 5.97. The van der Waals surface area contributed by atoms with Crippen LogP contribution in [0, 0.1) is 19.3 Å². The number of phenols is 1. The second kappa shape index (κ2) is 13.3. The van der Waals surface area contributed by atoms with Crippen LogP contribution < -0.4 is 15.4 Å². The molecule has 0 unspecified atom stereocenters. The van der Waals surface area contributed by atoms with Gasteiger partial charge in [0.1, 0.15) is 17.5 Å². The summed E-state index contributed by atoms with van der Waals surface area (Å²) < 4.78 is 5.24. The molecule has 1 heterocycles. The van der Waals surface area contributed by atoms with Crippen molar-refractivity contribution in [1.29, 1.82) is 0 Å². The molecule has 0 saturated carbocycles. The number of nitrogens with one attached hydrogen (secondary N) is 2. The first-order valence-corrected chi connectivity index (χ1v) is 14.5. The third-order valence-corrected chi connectivity index (χ3v) is 8.41. The number of phenolic OH excluding ortho intramolecular Hbond substituents is 1. The number of hydrogen-bond donors (Lipinski definition) is 4. The van der Waals surface area contributed by atoms with Crippen molar-refractivity contribution in [2.45, 2.75) is 65.3 Å². The molecular formula is C34H41N3O6. The number of carbonyl (C=O) groups excluding carboxylic acids is 3. The maximum atomic E-state index is 13.9. The van der Waals surface area contributed by atoms with E-state index in [0.29, 0.717) is 30.8 Å². The quantitative estimate of drug-likeness (QED) is 0.287. The average Bonchev–Trinajstić information content (AvgIpc) is 3.31. The Morgan fingerprint density at radius 3 is 2.40 bits per heavy atom. The molecule has 0 aliphatic carbocycles. The van der Waals surface area contributed by atoms with Crippen LogP contribution in [-0.2, 0) is 22.6 Å². The number of aliphatic hydroxyl groups excluding tert-OH is 1. The van der Waals surface area contributed by atoms with E-state index in [1.165, 1.54) is 11.0 Å². The monoisotopic (exact) mass is 587 g/mol.